The van der Waals surface area contributed by atoms with Crippen molar-refractivity contribution in [2.45, 2.75) is 157 Å². The third-order valence-corrected chi connectivity index (χ3v) is 7.98. The summed E-state index contributed by atoms with van der Waals surface area (Å²) >= 11 is 0. The van der Waals surface area contributed by atoms with Crippen LogP contribution in [0.15, 0.2) is 21.9 Å². The lowest BCUT2D eigenvalue weighted by Crippen LogP contribution is -2.33. The largest absolute Gasteiger partial charge is 0.474 e. The summed E-state index contributed by atoms with van der Waals surface area (Å²) in [6.07, 6.45) is 20.1. The van der Waals surface area contributed by atoms with Crippen LogP contribution in [0.4, 0.5) is 0 Å². The number of hydrogen-bond acceptors (Lipinski definition) is 8. The average Bonchev–Trinajstić information content (AvgIpc) is 3.02. The number of H-pyrrole nitrogens is 1. The summed E-state index contributed by atoms with van der Waals surface area (Å²) in [5.74, 6) is 0. The number of hydrogen-bond donors (Lipinski definition) is 1. The molecule has 1 aromatic rings. The first-order chi connectivity index (χ1) is 20.8. The molecule has 0 radical (unpaired) electrons. The van der Waals surface area contributed by atoms with Crippen molar-refractivity contribution >= 4 is 7.82 Å². The number of phosphoric acid groups is 1. The maximum Gasteiger partial charge on any atom is 0.474 e. The maximum atomic E-state index is 11.6. The number of nitrogens with one attached hydrogen (secondary N) is 1. The SMILES string of the molecule is CC.CC.CCC(OC)C(C)OP(=O)(OC)OC.CCCCCCCCCCCCCCCCOn1ccc(=O)[nH]c1=O. The summed E-state index contributed by atoms with van der Waals surface area (Å²) in [7, 11) is 0.749. The first kappa shape index (κ1) is 46.0. The summed E-state index contributed by atoms with van der Waals surface area (Å²) in [4.78, 5) is 29.8. The van der Waals surface area contributed by atoms with Crippen LogP contribution in [0.25, 0.3) is 0 Å². The van der Waals surface area contributed by atoms with Crippen LogP contribution in [0.1, 0.15) is 145 Å². The van der Waals surface area contributed by atoms with Crippen molar-refractivity contribution in [3.05, 3.63) is 33.1 Å². The first-order valence-corrected chi connectivity index (χ1v) is 18.1. The minimum absolute atomic E-state index is 0.117. The molecule has 0 fully saturated rings. The average molecular weight is 639 g/mol. The first-order valence-electron chi connectivity index (χ1n) is 16.6. The fourth-order valence-corrected chi connectivity index (χ4v) is 4.95. The molecule has 0 spiro atoms. The van der Waals surface area contributed by atoms with E-state index in [2.05, 4.69) is 21.0 Å². The number of aromatic amines is 1. The van der Waals surface area contributed by atoms with E-state index in [1.807, 2.05) is 34.6 Å². The quantitative estimate of drug-likeness (QED) is 0.0934. The molecule has 0 saturated heterocycles. The highest BCUT2D eigenvalue weighted by Crippen LogP contribution is 2.49. The number of phosphoric ester groups is 1. The number of ether oxygens (including phenoxy) is 1. The molecule has 43 heavy (non-hydrogen) atoms. The molecule has 0 aliphatic heterocycles. The fraction of sp³-hybridized carbons (Fsp3) is 0.875. The molecule has 0 aliphatic rings. The zero-order chi connectivity index (χ0) is 33.4. The highest BCUT2D eigenvalue weighted by atomic mass is 31.2. The molecule has 2 unspecified atom stereocenters. The van der Waals surface area contributed by atoms with Crippen molar-refractivity contribution in [3.8, 4) is 0 Å². The van der Waals surface area contributed by atoms with Gasteiger partial charge in [0.25, 0.3) is 5.56 Å². The highest BCUT2D eigenvalue weighted by molar-refractivity contribution is 7.48. The van der Waals surface area contributed by atoms with Gasteiger partial charge < -0.3 is 9.57 Å². The standard InChI is InChI=1S/C20H36N2O3.C8H19O5P.2C2H6/c1-2-3-4-5-6-7-8-9-10-11-12-13-14-15-18-25-22-17-16-19(23)21-20(22)24;1-6-8(10-3)7(2)13-14(9,11-4)12-5;2*1-2/h16-17H,2-15,18H2,1H3,(H,21,23,24);7-8H,6H2,1-5H3;2*1-2H3. The molecular weight excluding hydrogens is 571 g/mol. The Labute approximate surface area is 263 Å². The molecule has 0 amide bonds. The summed E-state index contributed by atoms with van der Waals surface area (Å²) in [6.45, 7) is 14.5. The number of aromatic nitrogens is 2. The predicted octanol–water partition coefficient (Wildman–Crippen LogP) is 8.72. The molecule has 0 aromatic carbocycles. The van der Waals surface area contributed by atoms with Gasteiger partial charge in [0, 0.05) is 27.4 Å². The van der Waals surface area contributed by atoms with E-state index in [4.69, 9.17) is 14.1 Å². The van der Waals surface area contributed by atoms with Gasteiger partial charge in [-0.3, -0.25) is 23.3 Å². The van der Waals surface area contributed by atoms with Crippen LogP contribution < -0.4 is 16.1 Å². The van der Waals surface area contributed by atoms with Crippen LogP contribution in [0.3, 0.4) is 0 Å². The van der Waals surface area contributed by atoms with Crippen LogP contribution in [0, 0.1) is 0 Å². The van der Waals surface area contributed by atoms with Crippen LogP contribution in [-0.2, 0) is 22.9 Å². The number of rotatable bonds is 23. The molecule has 258 valence electrons. The molecule has 1 rings (SSSR count). The van der Waals surface area contributed by atoms with Gasteiger partial charge in [0.05, 0.1) is 18.4 Å². The monoisotopic (exact) mass is 638 g/mol. The Balaban J connectivity index is -0.000000754. The van der Waals surface area contributed by atoms with Gasteiger partial charge in [-0.25, -0.2) is 9.36 Å². The highest BCUT2D eigenvalue weighted by Gasteiger charge is 2.29. The van der Waals surface area contributed by atoms with Gasteiger partial charge in [-0.1, -0.05) is 119 Å². The van der Waals surface area contributed by atoms with E-state index in [0.29, 0.717) is 6.61 Å². The Hall–Kier alpha value is -1.45. The van der Waals surface area contributed by atoms with E-state index in [9.17, 15) is 14.2 Å². The molecule has 0 bridgehead atoms. The number of methoxy groups -OCH3 is 1. The smallest absolute Gasteiger partial charge is 0.410 e. The fourth-order valence-electron chi connectivity index (χ4n) is 4.09. The van der Waals surface area contributed by atoms with Gasteiger partial charge in [0.15, 0.2) is 0 Å². The molecular formula is C32H67N2O8P. The zero-order valence-electron chi connectivity index (χ0n) is 29.3. The summed E-state index contributed by atoms with van der Waals surface area (Å²) in [6, 6.07) is 1.28. The van der Waals surface area contributed by atoms with Gasteiger partial charge in [0.2, 0.25) is 0 Å². The Kier molecular flexibility index (Phi) is 35.8. The lowest BCUT2D eigenvalue weighted by molar-refractivity contribution is -0.00909. The van der Waals surface area contributed by atoms with Crippen molar-refractivity contribution in [1.82, 2.24) is 9.71 Å². The minimum atomic E-state index is -3.40. The molecule has 10 nitrogen and oxygen atoms in total. The van der Waals surface area contributed by atoms with E-state index in [1.165, 1.54) is 104 Å². The lowest BCUT2D eigenvalue weighted by atomic mass is 10.0. The number of unbranched alkanes of at least 4 members (excludes halogenated alkanes) is 13. The molecule has 1 aromatic heterocycles. The normalized spacial score (nSPS) is 12.0. The summed E-state index contributed by atoms with van der Waals surface area (Å²) in [5.41, 5.74) is -0.917. The van der Waals surface area contributed by atoms with Gasteiger partial charge >= 0.3 is 13.5 Å². The predicted molar refractivity (Wildman–Crippen MR) is 179 cm³/mol. The van der Waals surface area contributed by atoms with Gasteiger partial charge in [0.1, 0.15) is 6.61 Å². The molecule has 0 aliphatic carbocycles. The lowest BCUT2D eigenvalue weighted by Gasteiger charge is -2.24. The van der Waals surface area contributed by atoms with Crippen LogP contribution in [0.5, 0.6) is 0 Å². The Morgan fingerprint density at radius 2 is 1.21 bits per heavy atom. The van der Waals surface area contributed by atoms with E-state index in [1.54, 1.807) is 14.0 Å². The van der Waals surface area contributed by atoms with Gasteiger partial charge in [-0.05, 0) is 26.2 Å². The molecule has 0 saturated carbocycles. The van der Waals surface area contributed by atoms with Crippen LogP contribution >= 0.6 is 7.82 Å². The van der Waals surface area contributed by atoms with Gasteiger partial charge in [-0.15, -0.1) is 4.73 Å². The molecule has 1 N–H and O–H groups in total. The second-order valence-corrected chi connectivity index (χ2v) is 11.5. The van der Waals surface area contributed by atoms with E-state index in [-0.39, 0.29) is 12.2 Å². The Bertz CT molecular complexity index is 850. The van der Waals surface area contributed by atoms with Crippen molar-refractivity contribution in [1.29, 1.82) is 0 Å². The van der Waals surface area contributed by atoms with Gasteiger partial charge in [-0.2, -0.15) is 0 Å². The van der Waals surface area contributed by atoms with E-state index < -0.39 is 19.1 Å². The van der Waals surface area contributed by atoms with E-state index in [0.717, 1.165) is 24.0 Å². The molecule has 1 heterocycles. The van der Waals surface area contributed by atoms with Crippen molar-refractivity contribution < 1.29 is 27.7 Å². The van der Waals surface area contributed by atoms with E-state index >= 15 is 0 Å². The minimum Gasteiger partial charge on any atom is -0.410 e. The van der Waals surface area contributed by atoms with Crippen LogP contribution in [0.2, 0.25) is 0 Å². The maximum absolute atomic E-state index is 11.6. The van der Waals surface area contributed by atoms with Crippen molar-refractivity contribution in [2.75, 3.05) is 27.9 Å². The topological polar surface area (TPSA) is 118 Å². The summed E-state index contributed by atoms with van der Waals surface area (Å²) < 4.78 is 32.3. The van der Waals surface area contributed by atoms with Crippen molar-refractivity contribution in [2.24, 2.45) is 0 Å². The second-order valence-electron chi connectivity index (χ2n) is 9.67. The third kappa shape index (κ3) is 26.7. The summed E-state index contributed by atoms with van der Waals surface area (Å²) in [5, 5.41) is 0. The molecule has 11 heteroatoms. The Morgan fingerprint density at radius 3 is 1.58 bits per heavy atom. The number of nitrogens with zero attached hydrogens (tertiary/aromatic N) is 1. The van der Waals surface area contributed by atoms with Crippen LogP contribution in [-0.4, -0.2) is 49.9 Å². The molecule has 2 atom stereocenters. The second kappa shape index (κ2) is 33.4. The Morgan fingerprint density at radius 1 is 0.767 bits per heavy atom. The third-order valence-electron chi connectivity index (χ3n) is 6.49. The van der Waals surface area contributed by atoms with Crippen molar-refractivity contribution in [3.63, 3.8) is 0 Å². The zero-order valence-corrected chi connectivity index (χ0v) is 30.2.